The monoisotopic (exact) mass is 267 g/mol. The third kappa shape index (κ3) is 2.34. The molecule has 1 aromatic heterocycles. The highest BCUT2D eigenvalue weighted by Gasteiger charge is 2.25. The second kappa shape index (κ2) is 4.50. The molecule has 1 aliphatic heterocycles. The van der Waals surface area contributed by atoms with Crippen molar-refractivity contribution < 1.29 is 8.42 Å². The van der Waals surface area contributed by atoms with Crippen LogP contribution in [0.5, 0.6) is 0 Å². The number of aryl methyl sites for hydroxylation is 1. The quantitative estimate of drug-likeness (QED) is 0.864. The van der Waals surface area contributed by atoms with E-state index in [1.807, 2.05) is 0 Å². The van der Waals surface area contributed by atoms with Gasteiger partial charge in [0.1, 0.15) is 22.0 Å². The van der Waals surface area contributed by atoms with Crippen molar-refractivity contribution in [1.82, 2.24) is 9.97 Å². The Morgan fingerprint density at radius 2 is 1.94 bits per heavy atom. The third-order valence-corrected chi connectivity index (χ3v) is 5.49. The van der Waals surface area contributed by atoms with Crippen LogP contribution < -0.4 is 5.32 Å². The van der Waals surface area contributed by atoms with E-state index >= 15 is 0 Å². The molecule has 5 nitrogen and oxygen atoms in total. The van der Waals surface area contributed by atoms with Crippen LogP contribution in [0.4, 0.5) is 5.82 Å². The van der Waals surface area contributed by atoms with E-state index in [1.165, 1.54) is 5.56 Å². The Morgan fingerprint density at radius 1 is 1.17 bits per heavy atom. The highest BCUT2D eigenvalue weighted by atomic mass is 32.2. The lowest BCUT2D eigenvalue weighted by Crippen LogP contribution is -2.32. The molecule has 1 fully saturated rings. The average molecular weight is 267 g/mol. The molecule has 1 aliphatic carbocycles. The summed E-state index contributed by atoms with van der Waals surface area (Å²) in [7, 11) is -2.79. The predicted molar refractivity (Wildman–Crippen MR) is 69.4 cm³/mol. The lowest BCUT2D eigenvalue weighted by atomic mass is 10.1. The number of anilines is 1. The Bertz CT molecular complexity index is 542. The van der Waals surface area contributed by atoms with Crippen LogP contribution in [0.25, 0.3) is 0 Å². The number of hydrogen-bond donors (Lipinski definition) is 1. The van der Waals surface area contributed by atoms with Gasteiger partial charge in [-0.3, -0.25) is 0 Å². The number of nitrogens with zero attached hydrogens (tertiary/aromatic N) is 2. The van der Waals surface area contributed by atoms with Crippen molar-refractivity contribution in [1.29, 1.82) is 0 Å². The lowest BCUT2D eigenvalue weighted by molar-refractivity contribution is 0.558. The highest BCUT2D eigenvalue weighted by Crippen LogP contribution is 2.27. The van der Waals surface area contributed by atoms with Gasteiger partial charge in [-0.1, -0.05) is 0 Å². The Kier molecular flexibility index (Phi) is 2.97. The Morgan fingerprint density at radius 3 is 2.72 bits per heavy atom. The van der Waals surface area contributed by atoms with Crippen LogP contribution in [-0.2, 0) is 22.7 Å². The molecule has 0 saturated carbocycles. The molecule has 0 bridgehead atoms. The first-order chi connectivity index (χ1) is 8.64. The molecule has 1 saturated heterocycles. The number of sulfone groups is 1. The van der Waals surface area contributed by atoms with Gasteiger partial charge >= 0.3 is 0 Å². The summed E-state index contributed by atoms with van der Waals surface area (Å²) in [4.78, 5) is 8.60. The van der Waals surface area contributed by atoms with Crippen molar-refractivity contribution in [3.05, 3.63) is 17.6 Å². The van der Waals surface area contributed by atoms with Gasteiger partial charge in [0.2, 0.25) is 0 Å². The molecule has 0 aromatic carbocycles. The average Bonchev–Trinajstić information content (AvgIpc) is 2.81. The highest BCUT2D eigenvalue weighted by molar-refractivity contribution is 7.91. The molecule has 3 rings (SSSR count). The minimum absolute atomic E-state index is 0.230. The molecule has 0 spiro atoms. The second-order valence-electron chi connectivity index (χ2n) is 5.07. The van der Waals surface area contributed by atoms with Crippen LogP contribution in [0.3, 0.4) is 0 Å². The van der Waals surface area contributed by atoms with Crippen molar-refractivity contribution in [3.63, 3.8) is 0 Å². The second-order valence-corrected chi connectivity index (χ2v) is 7.38. The summed E-state index contributed by atoms with van der Waals surface area (Å²) in [5.74, 6) is 1.50. The number of fused-ring (bicyclic) bond motifs is 1. The number of hydrogen-bond acceptors (Lipinski definition) is 5. The summed E-state index contributed by atoms with van der Waals surface area (Å²) in [6.45, 7) is 0. The van der Waals surface area contributed by atoms with E-state index in [0.29, 0.717) is 12.8 Å². The van der Waals surface area contributed by atoms with Gasteiger partial charge < -0.3 is 5.32 Å². The molecule has 2 aliphatic rings. The van der Waals surface area contributed by atoms with E-state index in [1.54, 1.807) is 6.33 Å². The van der Waals surface area contributed by atoms with Gasteiger partial charge in [0.25, 0.3) is 0 Å². The summed E-state index contributed by atoms with van der Waals surface area (Å²) in [6, 6.07) is 0.230. The van der Waals surface area contributed by atoms with Crippen molar-refractivity contribution in [3.8, 4) is 0 Å². The molecule has 18 heavy (non-hydrogen) atoms. The van der Waals surface area contributed by atoms with Crippen LogP contribution in [0.15, 0.2) is 6.33 Å². The number of aromatic nitrogens is 2. The Labute approximate surface area is 107 Å². The molecule has 0 radical (unpaired) electrons. The molecule has 6 heteroatoms. The molecule has 1 N–H and O–H groups in total. The molecule has 0 atom stereocenters. The predicted octanol–water partition coefficient (Wildman–Crippen LogP) is 0.954. The number of rotatable bonds is 2. The van der Waals surface area contributed by atoms with Crippen molar-refractivity contribution >= 4 is 15.7 Å². The zero-order valence-corrected chi connectivity index (χ0v) is 11.0. The molecular formula is C12H17N3O2S. The van der Waals surface area contributed by atoms with Crippen LogP contribution in [0.1, 0.15) is 30.5 Å². The van der Waals surface area contributed by atoms with Crippen LogP contribution >= 0.6 is 0 Å². The van der Waals surface area contributed by atoms with Gasteiger partial charge in [0.15, 0.2) is 0 Å². The molecule has 0 amide bonds. The third-order valence-electron chi connectivity index (χ3n) is 3.77. The van der Waals surface area contributed by atoms with Gasteiger partial charge in [-0.2, -0.15) is 0 Å². The zero-order chi connectivity index (χ0) is 12.6. The fourth-order valence-electron chi connectivity index (χ4n) is 2.71. The largest absolute Gasteiger partial charge is 0.367 e. The van der Waals surface area contributed by atoms with E-state index in [4.69, 9.17) is 0 Å². The molecule has 98 valence electrons. The maximum Gasteiger partial charge on any atom is 0.150 e. The summed E-state index contributed by atoms with van der Waals surface area (Å²) < 4.78 is 22.8. The zero-order valence-electron chi connectivity index (χ0n) is 10.2. The molecular weight excluding hydrogens is 250 g/mol. The van der Waals surface area contributed by atoms with Crippen LogP contribution in [0.2, 0.25) is 0 Å². The van der Waals surface area contributed by atoms with Gasteiger partial charge in [-0.25, -0.2) is 18.4 Å². The van der Waals surface area contributed by atoms with Crippen molar-refractivity contribution in [2.75, 3.05) is 16.8 Å². The van der Waals surface area contributed by atoms with E-state index in [-0.39, 0.29) is 17.5 Å². The first-order valence-electron chi connectivity index (χ1n) is 6.44. The minimum atomic E-state index is -2.79. The van der Waals surface area contributed by atoms with Crippen molar-refractivity contribution in [2.45, 2.75) is 38.1 Å². The van der Waals surface area contributed by atoms with E-state index in [9.17, 15) is 8.42 Å². The summed E-state index contributed by atoms with van der Waals surface area (Å²) >= 11 is 0. The Balaban J connectivity index is 1.73. The van der Waals surface area contributed by atoms with Gasteiger partial charge in [0.05, 0.1) is 11.5 Å². The minimum Gasteiger partial charge on any atom is -0.367 e. The topological polar surface area (TPSA) is 72.0 Å². The van der Waals surface area contributed by atoms with Gasteiger partial charge in [0, 0.05) is 17.3 Å². The normalized spacial score (nSPS) is 22.7. The standard InChI is InChI=1S/C12H17N3O2S/c16-18(17)6-4-9(5-7-18)15-12-10-2-1-3-11(10)13-8-14-12/h8-9H,1-7H2,(H,13,14,15). The first kappa shape index (κ1) is 11.9. The SMILES string of the molecule is O=S1(=O)CCC(Nc2ncnc3c2CCC3)CC1. The fraction of sp³-hybridized carbons (Fsp3) is 0.667. The number of nitrogens with one attached hydrogen (secondary N) is 1. The maximum atomic E-state index is 11.4. The summed E-state index contributed by atoms with van der Waals surface area (Å²) in [6.07, 6.45) is 6.17. The lowest BCUT2D eigenvalue weighted by Gasteiger charge is -2.24. The smallest absolute Gasteiger partial charge is 0.150 e. The summed E-state index contributed by atoms with van der Waals surface area (Å²) in [5.41, 5.74) is 2.38. The van der Waals surface area contributed by atoms with Gasteiger partial charge in [-0.05, 0) is 32.1 Å². The van der Waals surface area contributed by atoms with Crippen LogP contribution in [-0.4, -0.2) is 35.9 Å². The van der Waals surface area contributed by atoms with Crippen molar-refractivity contribution in [2.24, 2.45) is 0 Å². The fourth-order valence-corrected chi connectivity index (χ4v) is 4.20. The molecule has 0 unspecified atom stereocenters. The van der Waals surface area contributed by atoms with E-state index < -0.39 is 9.84 Å². The van der Waals surface area contributed by atoms with Gasteiger partial charge in [-0.15, -0.1) is 0 Å². The molecule has 1 aromatic rings. The van der Waals surface area contributed by atoms with E-state index in [2.05, 4.69) is 15.3 Å². The summed E-state index contributed by atoms with van der Waals surface area (Å²) in [5, 5.41) is 3.40. The Hall–Kier alpha value is -1.17. The van der Waals surface area contributed by atoms with Crippen LogP contribution in [0, 0.1) is 0 Å². The molecule has 2 heterocycles. The van der Waals surface area contributed by atoms with E-state index in [0.717, 1.165) is 30.8 Å². The maximum absolute atomic E-state index is 11.4. The first-order valence-corrected chi connectivity index (χ1v) is 8.26.